The predicted octanol–water partition coefficient (Wildman–Crippen LogP) is 45.1. The van der Waals surface area contributed by atoms with Crippen LogP contribution in [0, 0.1) is 17.9 Å². The molecule has 660 valence electrons. The molecule has 0 aliphatic heterocycles. The zero-order valence-electron chi connectivity index (χ0n) is 69.3. The van der Waals surface area contributed by atoms with E-state index in [9.17, 15) is 0 Å². The van der Waals surface area contributed by atoms with Crippen LogP contribution in [0.5, 0.6) is 0 Å². The van der Waals surface area contributed by atoms with Gasteiger partial charge in [-0.15, -0.1) is 22.7 Å². The van der Waals surface area contributed by atoms with Gasteiger partial charge in [-0.3, -0.25) is 0 Å². The van der Waals surface area contributed by atoms with E-state index < -0.39 is 0 Å². The molecule has 23 heteroatoms. The van der Waals surface area contributed by atoms with Crippen molar-refractivity contribution >= 4 is 440 Å². The van der Waals surface area contributed by atoms with Crippen molar-refractivity contribution in [2.24, 2.45) is 0 Å². The molecule has 0 fully saturated rings. The molecule has 0 saturated carbocycles. The molecule has 0 N–H and O–H groups in total. The molecule has 0 radical (unpaired) electrons. The Labute approximate surface area is 931 Å². The van der Waals surface area contributed by atoms with Crippen molar-refractivity contribution in [2.75, 3.05) is 0 Å². The number of halogens is 17. The minimum atomic E-state index is 0.725. The quantitative estimate of drug-likeness (QED) is 0.156. The third-order valence-electron chi connectivity index (χ3n) is 22.9. The van der Waals surface area contributed by atoms with Crippen molar-refractivity contribution in [1.82, 2.24) is 0 Å². The highest BCUT2D eigenvalue weighted by Gasteiger charge is 2.23. The van der Waals surface area contributed by atoms with E-state index in [2.05, 4.69) is 409 Å². The van der Waals surface area contributed by atoms with Crippen LogP contribution in [0.25, 0.3) is 206 Å². The first kappa shape index (κ1) is 95.9. The van der Waals surface area contributed by atoms with Gasteiger partial charge in [0.2, 0.25) is 0 Å². The van der Waals surface area contributed by atoms with E-state index in [1.165, 1.54) is 89.8 Å². The Kier molecular flexibility index (Phi) is 29.5. The molecule has 0 saturated heterocycles. The van der Waals surface area contributed by atoms with Crippen LogP contribution in [0.4, 0.5) is 0 Å². The highest BCUT2D eigenvalue weighted by molar-refractivity contribution is 14.1. The Bertz CT molecular complexity index is 9040. The highest BCUT2D eigenvalue weighted by Crippen LogP contribution is 2.48. The van der Waals surface area contributed by atoms with E-state index in [0.717, 1.165) is 191 Å². The summed E-state index contributed by atoms with van der Waals surface area (Å²) in [7, 11) is 0. The second-order valence-corrected chi connectivity index (χ2v) is 47.6. The van der Waals surface area contributed by atoms with Crippen molar-refractivity contribution < 1.29 is 17.7 Å². The zero-order chi connectivity index (χ0) is 93.3. The van der Waals surface area contributed by atoms with Gasteiger partial charge in [0.15, 0.2) is 0 Å². The third kappa shape index (κ3) is 20.6. The summed E-state index contributed by atoms with van der Waals surface area (Å²) in [5.74, 6) is 0. The smallest absolute Gasteiger partial charge is 0.144 e. The first-order valence-corrected chi connectivity index (χ1v) is 55.5. The molecule has 4 nitrogen and oxygen atoms in total. The zero-order valence-corrected chi connectivity index (χ0v) is 95.8. The number of thiophene rings is 2. The molecule has 0 amide bonds. The number of fused-ring (bicyclic) bond motifs is 19. The molecule has 135 heavy (non-hydrogen) atoms. The Morgan fingerprint density at radius 1 is 0.207 bits per heavy atom. The van der Waals surface area contributed by atoms with Crippen molar-refractivity contribution in [3.63, 3.8) is 0 Å². The summed E-state index contributed by atoms with van der Waals surface area (Å²) in [6, 6.07) is 118. The van der Waals surface area contributed by atoms with Gasteiger partial charge in [0.1, 0.15) is 44.7 Å². The van der Waals surface area contributed by atoms with E-state index in [1.54, 1.807) is 0 Å². The monoisotopic (exact) mass is 2850 g/mol. The van der Waals surface area contributed by atoms with Crippen LogP contribution < -0.4 is 0 Å². The Balaban J connectivity index is 0.000000101. The average Bonchev–Trinajstić information content (AvgIpc) is 1.67. The topological polar surface area (TPSA) is 52.6 Å². The van der Waals surface area contributed by atoms with Gasteiger partial charge in [-0.25, -0.2) is 0 Å². The van der Waals surface area contributed by atoms with E-state index >= 15 is 0 Å². The molecule has 6 heterocycles. The largest absolute Gasteiger partial charge is 0.456 e. The van der Waals surface area contributed by atoms with Crippen LogP contribution in [0.2, 0.25) is 30.1 Å². The molecule has 6 aromatic heterocycles. The predicted molar refractivity (Wildman–Crippen MR) is 644 cm³/mol. The van der Waals surface area contributed by atoms with Crippen LogP contribution >= 0.6 is 301 Å². The number of benzene rings is 19. The van der Waals surface area contributed by atoms with Gasteiger partial charge in [0.05, 0.1) is 0 Å². The van der Waals surface area contributed by atoms with Crippen molar-refractivity contribution in [3.8, 4) is 66.8 Å². The summed E-state index contributed by atoms with van der Waals surface area (Å²) in [5, 5.41) is 21.0. The summed E-state index contributed by atoms with van der Waals surface area (Å²) in [5.41, 5.74) is 21.0. The van der Waals surface area contributed by atoms with E-state index in [0.29, 0.717) is 0 Å². The lowest BCUT2D eigenvalue weighted by atomic mass is 9.95. The standard InChI is InChI=1S/C22H11BrClIO.3C18H9BrClIO.C18H9BrClIS.C18H10BrClS/c23-13-4-8-19-17(11-13)22-20(26-19)9-7-18(25)21(22)16-3-1-2-12-10-14(24)5-6-15(12)16;19-11-4-5-17-15(7-11)16-9-13(21)8-14(18(16)22-17)10-2-1-3-12(20)6-10;19-11-4-5-13-15-8-14(10-2-1-3-12(20)6-10)16(21)9-18(15)22-17(13)7-11;19-11-4-5-13-14-6-7-15(21)17(18(14)22-16(13)9-11)10-2-1-3-12(20)8-10;19-11-3-6-17-14(7-11)15-8-16(21)13(9-18(15)22-17)10-1-4-12(20)5-2-10;19-13-5-7-18-16(10-13)15-9-12(4-6-17(15)21-18)11-2-1-3-14(20)8-11/h1-11H;4*1-9H;1-10H. The Hall–Kier alpha value is -6.65. The van der Waals surface area contributed by atoms with Crippen LogP contribution in [0.3, 0.4) is 0 Å². The van der Waals surface area contributed by atoms with Gasteiger partial charge in [-0.2, -0.15) is 0 Å². The maximum atomic E-state index is 6.20. The first-order valence-electron chi connectivity index (χ1n) is 41.5. The summed E-state index contributed by atoms with van der Waals surface area (Å²) in [6.45, 7) is 0. The molecule has 0 bridgehead atoms. The van der Waals surface area contributed by atoms with E-state index in [-0.39, 0.29) is 0 Å². The maximum Gasteiger partial charge on any atom is 0.144 e. The molecule has 0 aliphatic carbocycles. The second kappa shape index (κ2) is 41.5. The lowest BCUT2D eigenvalue weighted by molar-refractivity contribution is 0.668. The van der Waals surface area contributed by atoms with Crippen LogP contribution in [0.15, 0.2) is 390 Å². The van der Waals surface area contributed by atoms with Gasteiger partial charge in [0, 0.05) is 175 Å². The minimum Gasteiger partial charge on any atom is -0.456 e. The molecule has 0 unspecified atom stereocenters. The lowest BCUT2D eigenvalue weighted by Crippen LogP contribution is -1.87. The highest BCUT2D eigenvalue weighted by atomic mass is 127. The molecule has 25 rings (SSSR count). The number of hydrogen-bond donors (Lipinski definition) is 0. The number of furan rings is 4. The Morgan fingerprint density at radius 2 is 0.630 bits per heavy atom. The fourth-order valence-corrected chi connectivity index (χ4v) is 25.8. The number of hydrogen-bond acceptors (Lipinski definition) is 6. The maximum absolute atomic E-state index is 6.20. The van der Waals surface area contributed by atoms with Gasteiger partial charge >= 0.3 is 0 Å². The van der Waals surface area contributed by atoms with Gasteiger partial charge in [-0.1, -0.05) is 256 Å². The molecule has 0 atom stereocenters. The van der Waals surface area contributed by atoms with Crippen LogP contribution in [-0.2, 0) is 0 Å². The van der Waals surface area contributed by atoms with E-state index in [4.69, 9.17) is 87.3 Å². The summed E-state index contributed by atoms with van der Waals surface area (Å²) in [6.07, 6.45) is 0. The molecule has 0 spiro atoms. The number of rotatable bonds is 6. The summed E-state index contributed by atoms with van der Waals surface area (Å²) < 4.78 is 41.9. The minimum absolute atomic E-state index is 0.725. The summed E-state index contributed by atoms with van der Waals surface area (Å²) >= 11 is 73.5. The van der Waals surface area contributed by atoms with E-state index in [1.807, 2.05) is 168 Å². The molecule has 19 aromatic carbocycles. The average molecular weight is 2860 g/mol. The molecular formula is C112H57Br6Cl6I5O4S2. The molecular weight excluding hydrogens is 2800 g/mol. The fraction of sp³-hybridized carbons (Fsp3) is 0. The van der Waals surface area contributed by atoms with Gasteiger partial charge in [0.25, 0.3) is 0 Å². The fourth-order valence-electron chi connectivity index (χ4n) is 16.8. The van der Waals surface area contributed by atoms with Crippen LogP contribution in [-0.4, -0.2) is 0 Å². The molecule has 25 aromatic rings. The lowest BCUT2D eigenvalue weighted by Gasteiger charge is -2.11. The Morgan fingerprint density at radius 3 is 1.29 bits per heavy atom. The van der Waals surface area contributed by atoms with Crippen molar-refractivity contribution in [3.05, 3.63) is 421 Å². The molecule has 0 aliphatic rings. The van der Waals surface area contributed by atoms with Crippen LogP contribution in [0.1, 0.15) is 0 Å². The van der Waals surface area contributed by atoms with Gasteiger partial charge < -0.3 is 17.7 Å². The second-order valence-electron chi connectivity index (χ2n) is 31.5. The normalized spacial score (nSPS) is 11.4. The first-order chi connectivity index (χ1) is 65.3. The SMILES string of the molecule is Clc1ccc(-c2cc3sc4ccc(Br)cc4c3cc2I)cc1.Clc1ccc2c(-c3c(I)ccc4oc5ccc(Br)cc5c34)cccc2c1.Clc1cccc(-c2c(I)ccc3c2oc2cc(Br)ccc23)c1.Clc1cccc(-c2cc(I)cc3c2oc2ccc(Br)cc23)c1.Clc1cccc(-c2cc3c(cc2I)oc2cc(Br)ccc23)c1.Clc1cccc(-c2ccc3sc4ccc(Br)cc4c3c2)c1. The van der Waals surface area contributed by atoms with Crippen molar-refractivity contribution in [2.45, 2.75) is 0 Å². The third-order valence-corrected chi connectivity index (χ3v) is 33.8. The van der Waals surface area contributed by atoms with Gasteiger partial charge in [-0.05, 0) is 429 Å². The van der Waals surface area contributed by atoms with Crippen molar-refractivity contribution in [1.29, 1.82) is 0 Å². The summed E-state index contributed by atoms with van der Waals surface area (Å²) in [4.78, 5) is 0.